The molecule has 1 amide bonds. The first kappa shape index (κ1) is 21.4. The Balaban J connectivity index is 1.73. The lowest BCUT2D eigenvalue weighted by atomic mass is 10.1. The molecule has 1 saturated heterocycles. The zero-order valence-corrected chi connectivity index (χ0v) is 17.3. The van der Waals surface area contributed by atoms with Crippen molar-refractivity contribution in [1.29, 1.82) is 0 Å². The van der Waals surface area contributed by atoms with Crippen LogP contribution in [-0.2, 0) is 21.2 Å². The lowest BCUT2D eigenvalue weighted by Gasteiger charge is -2.14. The summed E-state index contributed by atoms with van der Waals surface area (Å²) in [6.45, 7) is 5.73. The summed E-state index contributed by atoms with van der Waals surface area (Å²) in [5, 5.41) is 10.7. The summed E-state index contributed by atoms with van der Waals surface area (Å²) >= 11 is 1.14. The number of nitrogens with zero attached hydrogens (tertiary/aromatic N) is 3. The van der Waals surface area contributed by atoms with Crippen LogP contribution in [0.1, 0.15) is 25.1 Å². The predicted molar refractivity (Wildman–Crippen MR) is 107 cm³/mol. The van der Waals surface area contributed by atoms with Gasteiger partial charge < -0.3 is 9.88 Å². The van der Waals surface area contributed by atoms with Gasteiger partial charge >= 0.3 is 0 Å². The second-order valence-electron chi connectivity index (χ2n) is 6.72. The minimum atomic E-state index is -3.08. The molecule has 2 atom stereocenters. The maximum Gasteiger partial charge on any atom is 0.237 e. The first-order chi connectivity index (χ1) is 13.7. The van der Waals surface area contributed by atoms with Crippen molar-refractivity contribution in [2.45, 2.75) is 36.2 Å². The van der Waals surface area contributed by atoms with Crippen molar-refractivity contribution in [2.24, 2.45) is 0 Å². The summed E-state index contributed by atoms with van der Waals surface area (Å²) in [7, 11) is -3.08. The first-order valence-corrected chi connectivity index (χ1v) is 11.6. The molecule has 2 aromatic rings. The zero-order valence-electron chi connectivity index (χ0n) is 15.6. The second-order valence-corrected chi connectivity index (χ2v) is 10.3. The van der Waals surface area contributed by atoms with E-state index >= 15 is 0 Å². The van der Waals surface area contributed by atoms with Gasteiger partial charge in [-0.15, -0.1) is 16.8 Å². The molecular weight excluding hydrogens is 422 g/mol. The van der Waals surface area contributed by atoms with Gasteiger partial charge in [0.05, 0.1) is 16.8 Å². The first-order valence-electron chi connectivity index (χ1n) is 8.87. The third-order valence-corrected chi connectivity index (χ3v) is 7.34. The number of halogens is 2. The summed E-state index contributed by atoms with van der Waals surface area (Å²) < 4.78 is 51.7. The Kier molecular flexibility index (Phi) is 6.37. The van der Waals surface area contributed by atoms with Crippen LogP contribution in [0.3, 0.4) is 0 Å². The molecule has 0 saturated carbocycles. The van der Waals surface area contributed by atoms with E-state index in [9.17, 15) is 22.0 Å². The molecule has 3 rings (SSSR count). The molecule has 156 valence electrons. The largest absolute Gasteiger partial charge is 0.325 e. The molecule has 0 radical (unpaired) electrons. The summed E-state index contributed by atoms with van der Waals surface area (Å²) in [4.78, 5) is 12.4. The van der Waals surface area contributed by atoms with Gasteiger partial charge in [-0.25, -0.2) is 17.2 Å². The van der Waals surface area contributed by atoms with Gasteiger partial charge in [0.2, 0.25) is 5.91 Å². The van der Waals surface area contributed by atoms with Crippen molar-refractivity contribution in [2.75, 3.05) is 16.8 Å². The maximum atomic E-state index is 13.3. The van der Waals surface area contributed by atoms with Crippen molar-refractivity contribution < 1.29 is 22.0 Å². The smallest absolute Gasteiger partial charge is 0.237 e. The number of sulfone groups is 1. The molecule has 11 heteroatoms. The average Bonchev–Trinajstić information content (AvgIpc) is 3.21. The molecule has 0 aliphatic carbocycles. The predicted octanol–water partition coefficient (Wildman–Crippen LogP) is 2.76. The number of thioether (sulfide) groups is 1. The quantitative estimate of drug-likeness (QED) is 0.524. The van der Waals surface area contributed by atoms with Crippen molar-refractivity contribution >= 4 is 33.2 Å². The van der Waals surface area contributed by atoms with E-state index in [4.69, 9.17) is 0 Å². The number of anilines is 1. The Morgan fingerprint density at radius 2 is 2.17 bits per heavy atom. The number of carbonyl (C=O) groups is 1. The molecule has 7 nitrogen and oxygen atoms in total. The van der Waals surface area contributed by atoms with E-state index < -0.39 is 32.6 Å². The molecule has 2 heterocycles. The Hall–Kier alpha value is -2.27. The van der Waals surface area contributed by atoms with Gasteiger partial charge in [0, 0.05) is 24.2 Å². The van der Waals surface area contributed by atoms with E-state index in [0.29, 0.717) is 23.9 Å². The van der Waals surface area contributed by atoms with Crippen LogP contribution in [0.4, 0.5) is 14.5 Å². The lowest BCUT2D eigenvalue weighted by molar-refractivity contribution is -0.115. The standard InChI is InChI=1S/C18H20F2N4O3S2/c1-3-7-24-16(12-6-8-29(26,27)10-12)22-23-18(24)28-11(2)17(25)21-13-4-5-14(19)15(20)9-13/h3-5,9,11-12H,1,6-8,10H2,2H3,(H,21,25)/t11-,12-/m0/s1. The molecular formula is C18H20F2N4O3S2. The highest BCUT2D eigenvalue weighted by molar-refractivity contribution is 8.00. The highest BCUT2D eigenvalue weighted by Gasteiger charge is 2.33. The van der Waals surface area contributed by atoms with Crippen molar-refractivity contribution in [3.8, 4) is 0 Å². The van der Waals surface area contributed by atoms with E-state index in [2.05, 4.69) is 22.1 Å². The molecule has 0 bridgehead atoms. The fraction of sp³-hybridized carbons (Fsp3) is 0.389. The monoisotopic (exact) mass is 442 g/mol. The molecule has 29 heavy (non-hydrogen) atoms. The molecule has 0 spiro atoms. The third-order valence-electron chi connectivity index (χ3n) is 4.49. The van der Waals surface area contributed by atoms with E-state index in [0.717, 1.165) is 23.9 Å². The molecule has 1 aliphatic rings. The summed E-state index contributed by atoms with van der Waals surface area (Å²) in [6, 6.07) is 3.11. The number of aromatic nitrogens is 3. The number of rotatable bonds is 7. The summed E-state index contributed by atoms with van der Waals surface area (Å²) in [5.74, 6) is -2.00. The number of hydrogen-bond donors (Lipinski definition) is 1. The Bertz CT molecular complexity index is 1040. The summed E-state index contributed by atoms with van der Waals surface area (Å²) in [5.41, 5.74) is 0.144. The van der Waals surface area contributed by atoms with E-state index in [1.165, 1.54) is 6.07 Å². The molecule has 1 aromatic carbocycles. The molecule has 1 fully saturated rings. The van der Waals surface area contributed by atoms with Gasteiger partial charge in [0.25, 0.3) is 0 Å². The van der Waals surface area contributed by atoms with Crippen molar-refractivity contribution in [3.63, 3.8) is 0 Å². The molecule has 1 aromatic heterocycles. The molecule has 0 unspecified atom stereocenters. The van der Waals surface area contributed by atoms with Gasteiger partial charge in [0.1, 0.15) is 5.82 Å². The van der Waals surface area contributed by atoms with Crippen LogP contribution < -0.4 is 5.32 Å². The number of nitrogens with one attached hydrogen (secondary N) is 1. The maximum absolute atomic E-state index is 13.3. The van der Waals surface area contributed by atoms with Crippen LogP contribution in [0.5, 0.6) is 0 Å². The highest BCUT2D eigenvalue weighted by Crippen LogP contribution is 2.31. The van der Waals surface area contributed by atoms with E-state index in [1.54, 1.807) is 17.6 Å². The van der Waals surface area contributed by atoms with Gasteiger partial charge in [-0.05, 0) is 25.5 Å². The fourth-order valence-corrected chi connectivity index (χ4v) is 5.62. The highest BCUT2D eigenvalue weighted by atomic mass is 32.2. The second kappa shape index (κ2) is 8.62. The van der Waals surface area contributed by atoms with Gasteiger partial charge in [-0.3, -0.25) is 4.79 Å². The van der Waals surface area contributed by atoms with E-state index in [-0.39, 0.29) is 23.1 Å². The van der Waals surface area contributed by atoms with E-state index in [1.807, 2.05) is 0 Å². The molecule has 1 N–H and O–H groups in total. The number of allylic oxidation sites excluding steroid dienone is 1. The average molecular weight is 443 g/mol. The van der Waals surface area contributed by atoms with Crippen LogP contribution in [0.15, 0.2) is 36.0 Å². The Morgan fingerprint density at radius 3 is 2.79 bits per heavy atom. The van der Waals surface area contributed by atoms with Gasteiger partial charge in [0.15, 0.2) is 26.6 Å². The zero-order chi connectivity index (χ0) is 21.2. The fourth-order valence-electron chi connectivity index (χ4n) is 3.02. The van der Waals surface area contributed by atoms with Crippen LogP contribution in [0.25, 0.3) is 0 Å². The molecule has 1 aliphatic heterocycles. The summed E-state index contributed by atoms with van der Waals surface area (Å²) in [6.07, 6.45) is 2.13. The van der Waals surface area contributed by atoms with Gasteiger partial charge in [-0.1, -0.05) is 17.8 Å². The van der Waals surface area contributed by atoms with Gasteiger partial charge in [-0.2, -0.15) is 0 Å². The SMILES string of the molecule is C=CCn1c(S[C@@H](C)C(=O)Nc2ccc(F)c(F)c2)nnc1[C@H]1CCS(=O)(=O)C1. The number of benzene rings is 1. The van der Waals surface area contributed by atoms with Crippen molar-refractivity contribution in [3.05, 3.63) is 48.3 Å². The van der Waals surface area contributed by atoms with Crippen molar-refractivity contribution in [1.82, 2.24) is 14.8 Å². The van der Waals surface area contributed by atoms with Crippen LogP contribution in [0.2, 0.25) is 0 Å². The number of carbonyl (C=O) groups excluding carboxylic acids is 1. The number of hydrogen-bond acceptors (Lipinski definition) is 6. The normalized spacial score (nSPS) is 19.1. The minimum Gasteiger partial charge on any atom is -0.325 e. The van der Waals surface area contributed by atoms with Crippen LogP contribution >= 0.6 is 11.8 Å². The lowest BCUT2D eigenvalue weighted by Crippen LogP contribution is -2.23. The minimum absolute atomic E-state index is 0.0269. The van der Waals surface area contributed by atoms with Crippen LogP contribution in [-0.4, -0.2) is 45.8 Å². The Labute approximate surface area is 171 Å². The Morgan fingerprint density at radius 1 is 1.41 bits per heavy atom. The van der Waals surface area contributed by atoms with Crippen LogP contribution in [0, 0.1) is 11.6 Å². The third kappa shape index (κ3) is 5.02. The number of amides is 1. The topological polar surface area (TPSA) is 93.9 Å².